The Morgan fingerprint density at radius 2 is 2.00 bits per heavy atom. The Labute approximate surface area is 126 Å². The summed E-state index contributed by atoms with van der Waals surface area (Å²) in [6.07, 6.45) is 3.16. The van der Waals surface area contributed by atoms with E-state index in [0.29, 0.717) is 0 Å². The highest BCUT2D eigenvalue weighted by Gasteiger charge is 2.41. The predicted octanol–water partition coefficient (Wildman–Crippen LogP) is 2.70. The van der Waals surface area contributed by atoms with Crippen LogP contribution in [0.2, 0.25) is 0 Å². The van der Waals surface area contributed by atoms with E-state index >= 15 is 0 Å². The summed E-state index contributed by atoms with van der Waals surface area (Å²) in [4.78, 5) is 0. The number of aliphatic hydroxyl groups excluding tert-OH is 1. The van der Waals surface area contributed by atoms with E-state index < -0.39 is 6.10 Å². The number of methoxy groups -OCH3 is 1. The zero-order valence-electron chi connectivity index (χ0n) is 12.6. The van der Waals surface area contributed by atoms with Gasteiger partial charge in [-0.05, 0) is 37.7 Å². The minimum absolute atomic E-state index is 0.0931. The molecule has 0 bridgehead atoms. The molecule has 1 aromatic carbocycles. The van der Waals surface area contributed by atoms with Crippen LogP contribution in [-0.2, 0) is 9.47 Å². The van der Waals surface area contributed by atoms with E-state index in [9.17, 15) is 5.11 Å². The van der Waals surface area contributed by atoms with Crippen LogP contribution >= 0.6 is 0 Å². The molecular weight excluding hydrogens is 268 g/mol. The molecule has 0 radical (unpaired) electrons. The van der Waals surface area contributed by atoms with Crippen molar-refractivity contribution in [2.75, 3.05) is 26.9 Å². The number of aliphatic hydroxyl groups is 1. The molecule has 3 rings (SSSR count). The lowest BCUT2D eigenvalue weighted by atomic mass is 9.77. The van der Waals surface area contributed by atoms with Crippen LogP contribution in [0, 0.1) is 5.92 Å². The van der Waals surface area contributed by atoms with Crippen LogP contribution in [0.15, 0.2) is 24.3 Å². The monoisotopic (exact) mass is 292 g/mol. The van der Waals surface area contributed by atoms with E-state index in [2.05, 4.69) is 0 Å². The van der Waals surface area contributed by atoms with Gasteiger partial charge in [-0.25, -0.2) is 0 Å². The third-order valence-corrected chi connectivity index (χ3v) is 4.84. The van der Waals surface area contributed by atoms with Gasteiger partial charge in [0.2, 0.25) is 0 Å². The molecule has 21 heavy (non-hydrogen) atoms. The number of hydrogen-bond donors (Lipinski definition) is 1. The first-order valence-corrected chi connectivity index (χ1v) is 7.77. The number of rotatable bonds is 3. The summed E-state index contributed by atoms with van der Waals surface area (Å²) in [5, 5.41) is 10.8. The Balaban J connectivity index is 1.76. The maximum Gasteiger partial charge on any atom is 0.124 e. The second-order valence-electron chi connectivity index (χ2n) is 6.08. The fourth-order valence-corrected chi connectivity index (χ4v) is 3.59. The molecule has 1 spiro atoms. The van der Waals surface area contributed by atoms with Gasteiger partial charge >= 0.3 is 0 Å². The summed E-state index contributed by atoms with van der Waals surface area (Å²) in [6, 6.07) is 7.74. The second-order valence-corrected chi connectivity index (χ2v) is 6.08. The molecule has 2 atom stereocenters. The van der Waals surface area contributed by atoms with Crippen molar-refractivity contribution >= 4 is 0 Å². The number of ether oxygens (including phenoxy) is 3. The average molecular weight is 292 g/mol. The van der Waals surface area contributed by atoms with E-state index in [1.54, 1.807) is 7.11 Å². The molecule has 1 aromatic rings. The summed E-state index contributed by atoms with van der Waals surface area (Å²) in [5.41, 5.74) is 0.790. The summed E-state index contributed by atoms with van der Waals surface area (Å²) in [6.45, 7) is 2.24. The zero-order valence-corrected chi connectivity index (χ0v) is 12.6. The van der Waals surface area contributed by atoms with E-state index in [0.717, 1.165) is 56.8 Å². The molecule has 0 aliphatic carbocycles. The van der Waals surface area contributed by atoms with Crippen molar-refractivity contribution < 1.29 is 19.3 Å². The third kappa shape index (κ3) is 3.07. The normalized spacial score (nSPS) is 26.5. The van der Waals surface area contributed by atoms with E-state index in [4.69, 9.17) is 14.2 Å². The highest BCUT2D eigenvalue weighted by Crippen LogP contribution is 2.43. The molecular formula is C17H24O4. The maximum atomic E-state index is 10.8. The predicted molar refractivity (Wildman–Crippen MR) is 79.4 cm³/mol. The molecule has 2 aliphatic rings. The smallest absolute Gasteiger partial charge is 0.124 e. The fourth-order valence-electron chi connectivity index (χ4n) is 3.59. The summed E-state index contributed by atoms with van der Waals surface area (Å²) in [5.74, 6) is 0.977. The highest BCUT2D eigenvalue weighted by atomic mass is 16.5. The van der Waals surface area contributed by atoms with Gasteiger partial charge in [-0.2, -0.15) is 0 Å². The van der Waals surface area contributed by atoms with Crippen LogP contribution in [0.3, 0.4) is 0 Å². The van der Waals surface area contributed by atoms with Gasteiger partial charge in [0.25, 0.3) is 0 Å². The first-order valence-electron chi connectivity index (χ1n) is 7.77. The van der Waals surface area contributed by atoms with Crippen molar-refractivity contribution in [1.29, 1.82) is 0 Å². The molecule has 2 fully saturated rings. The largest absolute Gasteiger partial charge is 0.496 e. The van der Waals surface area contributed by atoms with Gasteiger partial charge in [0.05, 0.1) is 18.8 Å². The maximum absolute atomic E-state index is 10.8. The molecule has 2 heterocycles. The summed E-state index contributed by atoms with van der Waals surface area (Å²) < 4.78 is 16.9. The minimum atomic E-state index is -0.496. The van der Waals surface area contributed by atoms with Crippen LogP contribution in [0.1, 0.15) is 37.4 Å². The molecule has 4 nitrogen and oxygen atoms in total. The lowest BCUT2D eigenvalue weighted by Gasteiger charge is -2.44. The highest BCUT2D eigenvalue weighted by molar-refractivity contribution is 5.35. The van der Waals surface area contributed by atoms with Crippen LogP contribution in [0.4, 0.5) is 0 Å². The van der Waals surface area contributed by atoms with Crippen molar-refractivity contribution in [2.45, 2.75) is 37.4 Å². The number of hydrogen-bond acceptors (Lipinski definition) is 4. The third-order valence-electron chi connectivity index (χ3n) is 4.84. The summed E-state index contributed by atoms with van der Waals surface area (Å²) in [7, 11) is 1.65. The van der Waals surface area contributed by atoms with Gasteiger partial charge in [-0.3, -0.25) is 0 Å². The van der Waals surface area contributed by atoms with Crippen LogP contribution in [0.25, 0.3) is 0 Å². The molecule has 0 saturated carbocycles. The molecule has 1 N–H and O–H groups in total. The van der Waals surface area contributed by atoms with Gasteiger partial charge in [0.15, 0.2) is 0 Å². The van der Waals surface area contributed by atoms with Crippen molar-refractivity contribution in [3.8, 4) is 5.75 Å². The Bertz CT molecular complexity index is 462. The van der Waals surface area contributed by atoms with Crippen LogP contribution in [0.5, 0.6) is 5.75 Å². The van der Waals surface area contributed by atoms with Gasteiger partial charge in [-0.15, -0.1) is 0 Å². The van der Waals surface area contributed by atoms with E-state index in [1.165, 1.54) is 0 Å². The molecule has 4 heteroatoms. The van der Waals surface area contributed by atoms with Gasteiger partial charge < -0.3 is 19.3 Å². The van der Waals surface area contributed by atoms with Crippen molar-refractivity contribution in [2.24, 2.45) is 5.92 Å². The van der Waals surface area contributed by atoms with Crippen molar-refractivity contribution in [3.63, 3.8) is 0 Å². The lowest BCUT2D eigenvalue weighted by Crippen LogP contribution is -2.45. The topological polar surface area (TPSA) is 47.9 Å². The first-order chi connectivity index (χ1) is 10.2. The van der Waals surface area contributed by atoms with Gasteiger partial charge in [0, 0.05) is 25.4 Å². The molecule has 2 saturated heterocycles. The standard InChI is InChI=1S/C17H24O4/c1-19-15-5-3-2-4-14(15)16(18)13-6-9-21-17(12-13)7-10-20-11-8-17/h2-5,13,16,18H,6-12H2,1H3. The molecule has 0 amide bonds. The summed E-state index contributed by atoms with van der Waals surface area (Å²) >= 11 is 0. The molecule has 116 valence electrons. The molecule has 2 unspecified atom stereocenters. The Morgan fingerprint density at radius 3 is 2.76 bits per heavy atom. The SMILES string of the molecule is COc1ccccc1C(O)C1CCOC2(CCOCC2)C1. The zero-order chi connectivity index (χ0) is 14.7. The van der Waals surface area contributed by atoms with E-state index in [1.807, 2.05) is 24.3 Å². The van der Waals surface area contributed by atoms with Crippen molar-refractivity contribution in [1.82, 2.24) is 0 Å². The number of para-hydroxylation sites is 1. The van der Waals surface area contributed by atoms with Crippen LogP contribution < -0.4 is 4.74 Å². The van der Waals surface area contributed by atoms with E-state index in [-0.39, 0.29) is 11.5 Å². The van der Waals surface area contributed by atoms with Gasteiger partial charge in [0.1, 0.15) is 5.75 Å². The second kappa shape index (κ2) is 6.34. The Kier molecular flexibility index (Phi) is 4.48. The molecule has 0 aromatic heterocycles. The average Bonchev–Trinajstić information content (AvgIpc) is 2.55. The van der Waals surface area contributed by atoms with Crippen molar-refractivity contribution in [3.05, 3.63) is 29.8 Å². The lowest BCUT2D eigenvalue weighted by molar-refractivity contribution is -0.159. The Morgan fingerprint density at radius 1 is 1.24 bits per heavy atom. The molecule has 2 aliphatic heterocycles. The number of benzene rings is 1. The first kappa shape index (κ1) is 14.8. The Hall–Kier alpha value is -1.10. The quantitative estimate of drug-likeness (QED) is 0.930. The van der Waals surface area contributed by atoms with Crippen LogP contribution in [-0.4, -0.2) is 37.6 Å². The minimum Gasteiger partial charge on any atom is -0.496 e. The van der Waals surface area contributed by atoms with Gasteiger partial charge in [-0.1, -0.05) is 18.2 Å². The fraction of sp³-hybridized carbons (Fsp3) is 0.647.